The molecule has 0 aliphatic rings. The summed E-state index contributed by atoms with van der Waals surface area (Å²) in [4.78, 5) is 10.4. The zero-order valence-corrected chi connectivity index (χ0v) is 10.8. The van der Waals surface area contributed by atoms with E-state index in [9.17, 15) is 10.1 Å². The normalized spacial score (nSPS) is 10.4. The van der Waals surface area contributed by atoms with E-state index in [0.29, 0.717) is 16.9 Å². The van der Waals surface area contributed by atoms with Gasteiger partial charge in [-0.25, -0.2) is 0 Å². The van der Waals surface area contributed by atoms with Gasteiger partial charge in [0.2, 0.25) is 5.89 Å². The molecular formula is C10H11N5O3S. The number of aryl methyl sites for hydroxylation is 1. The van der Waals surface area contributed by atoms with E-state index < -0.39 is 4.92 Å². The van der Waals surface area contributed by atoms with Gasteiger partial charge in [0, 0.05) is 18.7 Å². The summed E-state index contributed by atoms with van der Waals surface area (Å²) in [5.74, 6) is 6.19. The van der Waals surface area contributed by atoms with Gasteiger partial charge < -0.3 is 9.84 Å². The van der Waals surface area contributed by atoms with Crippen LogP contribution in [-0.2, 0) is 5.75 Å². The van der Waals surface area contributed by atoms with Crippen molar-refractivity contribution < 1.29 is 9.34 Å². The first kappa shape index (κ1) is 13.3. The predicted octanol–water partition coefficient (Wildman–Crippen LogP) is 1.86. The fourth-order valence-electron chi connectivity index (χ4n) is 1.42. The zero-order chi connectivity index (χ0) is 13.8. The van der Waals surface area contributed by atoms with Gasteiger partial charge in [-0.1, -0.05) is 17.8 Å². The van der Waals surface area contributed by atoms with Crippen molar-refractivity contribution in [3.05, 3.63) is 39.8 Å². The van der Waals surface area contributed by atoms with Gasteiger partial charge in [-0.2, -0.15) is 0 Å². The van der Waals surface area contributed by atoms with E-state index in [0.717, 1.165) is 5.56 Å². The molecule has 1 aromatic carbocycles. The summed E-state index contributed by atoms with van der Waals surface area (Å²) >= 11 is 1.31. The highest BCUT2D eigenvalue weighted by molar-refractivity contribution is 7.98. The van der Waals surface area contributed by atoms with Crippen LogP contribution in [0.4, 0.5) is 11.4 Å². The number of anilines is 1. The number of hydrazine groups is 1. The van der Waals surface area contributed by atoms with Crippen molar-refractivity contribution in [2.24, 2.45) is 5.84 Å². The van der Waals surface area contributed by atoms with Gasteiger partial charge in [-0.15, -0.1) is 10.2 Å². The first-order valence-corrected chi connectivity index (χ1v) is 6.25. The van der Waals surface area contributed by atoms with Crippen molar-refractivity contribution in [2.45, 2.75) is 17.9 Å². The molecule has 1 heterocycles. The molecule has 0 unspecified atom stereocenters. The third-order valence-corrected chi connectivity index (χ3v) is 3.17. The maximum atomic E-state index is 10.9. The van der Waals surface area contributed by atoms with Gasteiger partial charge in [0.15, 0.2) is 0 Å². The molecule has 0 saturated heterocycles. The number of hydrogen-bond donors (Lipinski definition) is 2. The lowest BCUT2D eigenvalue weighted by molar-refractivity contribution is -0.384. The number of aromatic nitrogens is 2. The average molecular weight is 281 g/mol. The number of nitro groups is 1. The topological polar surface area (TPSA) is 120 Å². The molecule has 0 aliphatic heterocycles. The fraction of sp³-hybridized carbons (Fsp3) is 0.200. The highest BCUT2D eigenvalue weighted by Crippen LogP contribution is 2.28. The first-order chi connectivity index (χ1) is 9.10. The van der Waals surface area contributed by atoms with Crippen LogP contribution in [0.15, 0.2) is 27.8 Å². The third-order valence-electron chi connectivity index (χ3n) is 2.28. The van der Waals surface area contributed by atoms with Crippen LogP contribution in [0.2, 0.25) is 0 Å². The highest BCUT2D eigenvalue weighted by Gasteiger charge is 2.14. The molecule has 2 rings (SSSR count). The Morgan fingerprint density at radius 2 is 2.32 bits per heavy atom. The van der Waals surface area contributed by atoms with E-state index in [1.807, 2.05) is 0 Å². The molecule has 100 valence electrons. The van der Waals surface area contributed by atoms with Gasteiger partial charge >= 0.3 is 0 Å². The Kier molecular flexibility index (Phi) is 3.97. The number of benzene rings is 1. The van der Waals surface area contributed by atoms with E-state index in [4.69, 9.17) is 10.3 Å². The number of nitrogen functional groups attached to an aromatic ring is 1. The molecular weight excluding hydrogens is 270 g/mol. The van der Waals surface area contributed by atoms with Gasteiger partial charge in [0.25, 0.3) is 10.9 Å². The molecule has 19 heavy (non-hydrogen) atoms. The molecule has 2 aromatic rings. The number of rotatable bonds is 5. The minimum Gasteiger partial charge on any atom is -0.416 e. The van der Waals surface area contributed by atoms with E-state index in [1.54, 1.807) is 19.1 Å². The van der Waals surface area contributed by atoms with E-state index >= 15 is 0 Å². The van der Waals surface area contributed by atoms with Gasteiger partial charge in [-0.3, -0.25) is 16.0 Å². The summed E-state index contributed by atoms with van der Waals surface area (Å²) in [7, 11) is 0. The first-order valence-electron chi connectivity index (χ1n) is 5.27. The fourth-order valence-corrected chi connectivity index (χ4v) is 2.17. The quantitative estimate of drug-likeness (QED) is 0.369. The average Bonchev–Trinajstić information content (AvgIpc) is 2.81. The van der Waals surface area contributed by atoms with Crippen molar-refractivity contribution in [2.75, 3.05) is 5.43 Å². The molecule has 0 fully saturated rings. The molecule has 8 nitrogen and oxygen atoms in total. The van der Waals surface area contributed by atoms with Crippen LogP contribution >= 0.6 is 11.8 Å². The van der Waals surface area contributed by atoms with E-state index in [1.165, 1.54) is 17.8 Å². The Balaban J connectivity index is 2.12. The predicted molar refractivity (Wildman–Crippen MR) is 69.5 cm³/mol. The van der Waals surface area contributed by atoms with E-state index in [2.05, 4.69) is 15.6 Å². The minimum atomic E-state index is -0.486. The van der Waals surface area contributed by atoms with Crippen LogP contribution in [0.25, 0.3) is 0 Å². The van der Waals surface area contributed by atoms with Crippen LogP contribution in [-0.4, -0.2) is 15.1 Å². The molecule has 9 heteroatoms. The zero-order valence-electron chi connectivity index (χ0n) is 9.99. The standard InChI is InChI=1S/C10H11N5O3S/c1-6-13-14-10(18-6)19-5-7-2-3-8(12-11)9(4-7)15(16)17/h2-4,12H,5,11H2,1H3. The summed E-state index contributed by atoms with van der Waals surface area (Å²) in [6.45, 7) is 1.70. The molecule has 0 bridgehead atoms. The third kappa shape index (κ3) is 3.20. The molecule has 0 saturated carbocycles. The van der Waals surface area contributed by atoms with Crippen LogP contribution in [0.5, 0.6) is 0 Å². The number of hydrogen-bond acceptors (Lipinski definition) is 8. The lowest BCUT2D eigenvalue weighted by atomic mass is 10.2. The maximum Gasteiger partial charge on any atom is 0.293 e. The van der Waals surface area contributed by atoms with Crippen LogP contribution < -0.4 is 11.3 Å². The number of nitro benzene ring substituents is 1. The lowest BCUT2D eigenvalue weighted by Gasteiger charge is -2.04. The van der Waals surface area contributed by atoms with Gasteiger partial charge in [0.1, 0.15) is 5.69 Å². The van der Waals surface area contributed by atoms with Gasteiger partial charge in [-0.05, 0) is 11.6 Å². The Bertz CT molecular complexity index is 601. The summed E-state index contributed by atoms with van der Waals surface area (Å²) in [5.41, 5.74) is 3.27. The number of thioether (sulfide) groups is 1. The molecule has 3 N–H and O–H groups in total. The number of nitrogens with one attached hydrogen (secondary N) is 1. The second kappa shape index (κ2) is 5.67. The largest absolute Gasteiger partial charge is 0.416 e. The van der Waals surface area contributed by atoms with Crippen LogP contribution in [0.3, 0.4) is 0 Å². The number of nitrogens with zero attached hydrogens (tertiary/aromatic N) is 3. The monoisotopic (exact) mass is 281 g/mol. The molecule has 0 aliphatic carbocycles. The Morgan fingerprint density at radius 1 is 1.53 bits per heavy atom. The Labute approximate surface area is 112 Å². The second-order valence-corrected chi connectivity index (χ2v) is 4.56. The van der Waals surface area contributed by atoms with Crippen molar-refractivity contribution in [1.29, 1.82) is 0 Å². The summed E-state index contributed by atoms with van der Waals surface area (Å²) in [5, 5.41) is 18.8. The molecule has 0 amide bonds. The maximum absolute atomic E-state index is 10.9. The van der Waals surface area contributed by atoms with Crippen molar-refractivity contribution in [1.82, 2.24) is 10.2 Å². The Hall–Kier alpha value is -2.13. The summed E-state index contributed by atoms with van der Waals surface area (Å²) < 4.78 is 5.20. The molecule has 1 aromatic heterocycles. The SMILES string of the molecule is Cc1nnc(SCc2ccc(NN)c([N+](=O)[O-])c2)o1. The Morgan fingerprint density at radius 3 is 2.89 bits per heavy atom. The molecule has 0 spiro atoms. The lowest BCUT2D eigenvalue weighted by Crippen LogP contribution is -2.09. The van der Waals surface area contributed by atoms with Crippen LogP contribution in [0, 0.1) is 17.0 Å². The minimum absolute atomic E-state index is 0.0673. The van der Waals surface area contributed by atoms with Crippen LogP contribution in [0.1, 0.15) is 11.5 Å². The molecule has 0 atom stereocenters. The molecule has 0 radical (unpaired) electrons. The second-order valence-electron chi connectivity index (χ2n) is 3.63. The van der Waals surface area contributed by atoms with E-state index in [-0.39, 0.29) is 11.4 Å². The van der Waals surface area contributed by atoms with Gasteiger partial charge in [0.05, 0.1) is 4.92 Å². The highest BCUT2D eigenvalue weighted by atomic mass is 32.2. The van der Waals surface area contributed by atoms with Crippen molar-refractivity contribution in [3.63, 3.8) is 0 Å². The van der Waals surface area contributed by atoms with Crippen molar-refractivity contribution in [3.8, 4) is 0 Å². The summed E-state index contributed by atoms with van der Waals surface area (Å²) in [6, 6.07) is 4.77. The smallest absolute Gasteiger partial charge is 0.293 e. The summed E-state index contributed by atoms with van der Waals surface area (Å²) in [6.07, 6.45) is 0. The number of nitrogens with two attached hydrogens (primary N) is 1. The van der Waals surface area contributed by atoms with Crippen molar-refractivity contribution >= 4 is 23.1 Å².